The molecule has 0 N–H and O–H groups in total. The zero-order valence-electron chi connectivity index (χ0n) is 16.4. The second kappa shape index (κ2) is 8.26. The van der Waals surface area contributed by atoms with Gasteiger partial charge in [-0.1, -0.05) is 66.8 Å². The molecule has 3 aliphatic carbocycles. The van der Waals surface area contributed by atoms with Crippen LogP contribution in [0.4, 0.5) is 0 Å². The minimum atomic E-state index is 0. The summed E-state index contributed by atoms with van der Waals surface area (Å²) in [4.78, 5) is 9.26. The second-order valence-corrected chi connectivity index (χ2v) is 9.08. The molecule has 4 heteroatoms. The van der Waals surface area contributed by atoms with Crippen molar-refractivity contribution in [3.63, 3.8) is 0 Å². The summed E-state index contributed by atoms with van der Waals surface area (Å²) in [5.74, 6) is 0.961. The Labute approximate surface area is 195 Å². The molecule has 0 fully saturated rings. The van der Waals surface area contributed by atoms with Gasteiger partial charge in [-0.3, -0.25) is 0 Å². The van der Waals surface area contributed by atoms with Gasteiger partial charge < -0.3 is 6.42 Å². The smallest absolute Gasteiger partial charge is 0.117 e. The van der Waals surface area contributed by atoms with Crippen LogP contribution in [-0.2, 0) is 20.1 Å². The Morgan fingerprint density at radius 2 is 1.87 bits per heavy atom. The van der Waals surface area contributed by atoms with Gasteiger partial charge in [0.1, 0.15) is 11.4 Å². The molecule has 2 nitrogen and oxygen atoms in total. The fraction of sp³-hybridized carbons (Fsp3) is 0.192. The number of nitrogens with zero attached hydrogens (tertiary/aromatic N) is 2. The molecule has 3 unspecified atom stereocenters. The molecule has 149 valence electrons. The molecule has 3 atom stereocenters. The van der Waals surface area contributed by atoms with Crippen LogP contribution in [0.2, 0.25) is 0 Å². The van der Waals surface area contributed by atoms with Crippen LogP contribution in [0.25, 0.3) is 16.8 Å². The largest absolute Gasteiger partial charge is 0.316 e. The molecular weight excluding hydrogens is 470 g/mol. The molecule has 2 aromatic rings. The van der Waals surface area contributed by atoms with E-state index in [1.807, 2.05) is 11.8 Å². The quantitative estimate of drug-likeness (QED) is 0.279. The molecule has 4 aliphatic rings. The molecule has 1 aliphatic heterocycles. The van der Waals surface area contributed by atoms with Crippen molar-refractivity contribution in [1.29, 1.82) is 0 Å². The summed E-state index contributed by atoms with van der Waals surface area (Å²) < 4.78 is 0. The van der Waals surface area contributed by atoms with Gasteiger partial charge in [-0.15, -0.1) is 23.8 Å². The van der Waals surface area contributed by atoms with Crippen LogP contribution in [0.3, 0.4) is 0 Å². The summed E-state index contributed by atoms with van der Waals surface area (Å²) in [5, 5.41) is 1.61. The topological polar surface area (TPSA) is 25.8 Å². The summed E-state index contributed by atoms with van der Waals surface area (Å²) in [6, 6.07) is 8.91. The van der Waals surface area contributed by atoms with E-state index in [2.05, 4.69) is 84.3 Å². The number of aromatic nitrogens is 2. The molecule has 30 heavy (non-hydrogen) atoms. The number of allylic oxidation sites excluding steroid dienone is 9. The molecule has 0 saturated carbocycles. The van der Waals surface area contributed by atoms with Gasteiger partial charge in [-0.05, 0) is 28.7 Å². The van der Waals surface area contributed by atoms with Crippen molar-refractivity contribution in [2.24, 2.45) is 5.92 Å². The maximum atomic E-state index is 4.70. The van der Waals surface area contributed by atoms with Crippen LogP contribution >= 0.6 is 11.8 Å². The first kappa shape index (κ1) is 19.9. The summed E-state index contributed by atoms with van der Waals surface area (Å²) >= 11 is 1.87. The molecule has 0 saturated heterocycles. The standard InChI is InChI=1S/C26H21N2S.Tc/c1-2-6-20-15-21(14-11-17(20)5-1)18-9-12-19(13-10-18)25-24-22-7-3-4-8-23(22)29-26(24)28-16-27-25;/h1-2,4-10,12-17,22-23H,3,11H2;/q-1;. The fourth-order valence-corrected chi connectivity index (χ4v) is 6.01. The van der Waals surface area contributed by atoms with Gasteiger partial charge in [0.15, 0.2) is 0 Å². The van der Waals surface area contributed by atoms with E-state index in [-0.39, 0.29) is 20.1 Å². The summed E-state index contributed by atoms with van der Waals surface area (Å²) in [6.45, 7) is 0. The normalized spacial score (nSPS) is 25.5. The predicted molar refractivity (Wildman–Crippen MR) is 120 cm³/mol. The zero-order chi connectivity index (χ0) is 19.2. The first-order valence-corrected chi connectivity index (χ1v) is 11.1. The van der Waals surface area contributed by atoms with Gasteiger partial charge in [0.25, 0.3) is 0 Å². The SMILES string of the molecule is C1=CC2=CC(c3ccc(-c4ncnc5c4C4[CH-]CC=CC4S5)cc3)=CCC2C=C1.[Tc]. The number of hydrogen-bond acceptors (Lipinski definition) is 3. The zero-order valence-corrected chi connectivity index (χ0v) is 19.1. The maximum Gasteiger partial charge on any atom is 0.117 e. The molecule has 2 heterocycles. The first-order valence-electron chi connectivity index (χ1n) is 10.3. The van der Waals surface area contributed by atoms with Crippen LogP contribution in [-0.4, -0.2) is 15.2 Å². The van der Waals surface area contributed by atoms with Crippen LogP contribution < -0.4 is 0 Å². The van der Waals surface area contributed by atoms with E-state index >= 15 is 0 Å². The van der Waals surface area contributed by atoms with Crippen molar-refractivity contribution < 1.29 is 20.1 Å². The van der Waals surface area contributed by atoms with Crippen molar-refractivity contribution in [3.05, 3.63) is 102 Å². The van der Waals surface area contributed by atoms with E-state index in [0.29, 0.717) is 17.1 Å². The van der Waals surface area contributed by atoms with Gasteiger partial charge in [0.05, 0.1) is 5.69 Å². The summed E-state index contributed by atoms with van der Waals surface area (Å²) in [5.41, 5.74) is 7.57. The molecular formula is C26H21N2STc-. The predicted octanol–water partition coefficient (Wildman–Crippen LogP) is 6.32. The van der Waals surface area contributed by atoms with Gasteiger partial charge >= 0.3 is 0 Å². The van der Waals surface area contributed by atoms with E-state index in [0.717, 1.165) is 23.6 Å². The van der Waals surface area contributed by atoms with Gasteiger partial charge in [0, 0.05) is 36.8 Å². The van der Waals surface area contributed by atoms with E-state index < -0.39 is 0 Å². The number of thioether (sulfide) groups is 1. The van der Waals surface area contributed by atoms with Gasteiger partial charge in [0.2, 0.25) is 0 Å². The summed E-state index contributed by atoms with van der Waals surface area (Å²) in [7, 11) is 0. The molecule has 0 spiro atoms. The van der Waals surface area contributed by atoms with Crippen LogP contribution in [0.5, 0.6) is 0 Å². The Balaban J connectivity index is 0.00000193. The average Bonchev–Trinajstić information content (AvgIpc) is 3.18. The monoisotopic (exact) mass is 490 g/mol. The third kappa shape index (κ3) is 3.41. The van der Waals surface area contributed by atoms with E-state index in [1.165, 1.54) is 27.8 Å². The van der Waals surface area contributed by atoms with Crippen LogP contribution in [0, 0.1) is 12.3 Å². The first-order chi connectivity index (χ1) is 14.4. The second-order valence-electron chi connectivity index (χ2n) is 7.92. The van der Waals surface area contributed by atoms with E-state index in [9.17, 15) is 0 Å². The molecule has 1 aromatic carbocycles. The Morgan fingerprint density at radius 1 is 1.00 bits per heavy atom. The Kier molecular flexibility index (Phi) is 5.49. The van der Waals surface area contributed by atoms with Crippen molar-refractivity contribution in [1.82, 2.24) is 9.97 Å². The average molecular weight is 492 g/mol. The van der Waals surface area contributed by atoms with Crippen LogP contribution in [0.15, 0.2) is 89.8 Å². The van der Waals surface area contributed by atoms with Crippen molar-refractivity contribution in [2.75, 3.05) is 0 Å². The number of fused-ring (bicyclic) bond motifs is 4. The Morgan fingerprint density at radius 3 is 2.77 bits per heavy atom. The summed E-state index contributed by atoms with van der Waals surface area (Å²) in [6.07, 6.45) is 24.3. The van der Waals surface area contributed by atoms with E-state index in [1.54, 1.807) is 6.33 Å². The fourth-order valence-electron chi connectivity index (χ4n) is 4.70. The number of rotatable bonds is 2. The molecule has 1 aromatic heterocycles. The Bertz CT molecular complexity index is 1120. The van der Waals surface area contributed by atoms with Crippen LogP contribution in [0.1, 0.15) is 29.9 Å². The molecule has 6 rings (SSSR count). The third-order valence-electron chi connectivity index (χ3n) is 6.21. The van der Waals surface area contributed by atoms with Crippen molar-refractivity contribution in [2.45, 2.75) is 29.0 Å². The van der Waals surface area contributed by atoms with Crippen molar-refractivity contribution in [3.8, 4) is 11.3 Å². The van der Waals surface area contributed by atoms with Crippen molar-refractivity contribution >= 4 is 17.3 Å². The Hall–Kier alpha value is -2.00. The van der Waals surface area contributed by atoms with Gasteiger partial charge in [-0.25, -0.2) is 9.97 Å². The van der Waals surface area contributed by atoms with E-state index in [4.69, 9.17) is 4.98 Å². The third-order valence-corrected chi connectivity index (χ3v) is 7.48. The molecule has 1 radical (unpaired) electrons. The number of benzene rings is 1. The maximum absolute atomic E-state index is 4.70. The minimum absolute atomic E-state index is 0. The molecule has 0 amide bonds. The number of hydrogen-bond donors (Lipinski definition) is 0. The minimum Gasteiger partial charge on any atom is -0.316 e. The molecule has 0 bridgehead atoms. The van der Waals surface area contributed by atoms with Gasteiger partial charge in [-0.2, -0.15) is 6.42 Å².